The predicted molar refractivity (Wildman–Crippen MR) is 84.0 cm³/mol. The van der Waals surface area contributed by atoms with Crippen molar-refractivity contribution in [3.63, 3.8) is 0 Å². The van der Waals surface area contributed by atoms with Gasteiger partial charge in [-0.15, -0.1) is 0 Å². The number of hydrogen-bond donors (Lipinski definition) is 1. The molecule has 1 amide bonds. The highest BCUT2D eigenvalue weighted by Gasteiger charge is 2.20. The lowest BCUT2D eigenvalue weighted by molar-refractivity contribution is 0.0927. The summed E-state index contributed by atoms with van der Waals surface area (Å²) in [5, 5.41) is 3.11. The van der Waals surface area contributed by atoms with Crippen LogP contribution in [0.4, 0.5) is 0 Å². The summed E-state index contributed by atoms with van der Waals surface area (Å²) >= 11 is 0. The Kier molecular flexibility index (Phi) is 4.42. The summed E-state index contributed by atoms with van der Waals surface area (Å²) < 4.78 is 7.69. The molecule has 1 N–H and O–H groups in total. The van der Waals surface area contributed by atoms with Gasteiger partial charge < -0.3 is 14.6 Å². The van der Waals surface area contributed by atoms with Gasteiger partial charge in [0, 0.05) is 37.0 Å². The van der Waals surface area contributed by atoms with Gasteiger partial charge in [0.05, 0.1) is 6.61 Å². The number of aryl methyl sites for hydroxylation is 1. The molecule has 0 radical (unpaired) electrons. The summed E-state index contributed by atoms with van der Waals surface area (Å²) in [5.41, 5.74) is 0.644. The molecule has 0 fully saturated rings. The smallest absolute Gasteiger partial charge is 0.251 e. The lowest BCUT2D eigenvalue weighted by Crippen LogP contribution is -2.40. The van der Waals surface area contributed by atoms with Crippen LogP contribution in [0.1, 0.15) is 35.9 Å². The molecular weight excluding hydrogens is 278 g/mol. The van der Waals surface area contributed by atoms with Gasteiger partial charge in [0.15, 0.2) is 0 Å². The molecule has 1 aliphatic heterocycles. The Balaban J connectivity index is 1.62. The van der Waals surface area contributed by atoms with Crippen LogP contribution in [0.2, 0.25) is 0 Å². The SMILES string of the molecule is CCCOc1cccc(C(=O)N[C@H]2CCc3nccn3C2)c1. The third-order valence-corrected chi connectivity index (χ3v) is 3.84. The zero-order valence-corrected chi connectivity index (χ0v) is 12.8. The van der Waals surface area contributed by atoms with E-state index in [1.54, 1.807) is 6.07 Å². The maximum Gasteiger partial charge on any atom is 0.251 e. The summed E-state index contributed by atoms with van der Waals surface area (Å²) in [7, 11) is 0. The Bertz CT molecular complexity index is 651. The van der Waals surface area contributed by atoms with E-state index in [9.17, 15) is 4.79 Å². The number of aromatic nitrogens is 2. The van der Waals surface area contributed by atoms with E-state index < -0.39 is 0 Å². The molecule has 0 saturated carbocycles. The van der Waals surface area contributed by atoms with E-state index in [4.69, 9.17) is 4.74 Å². The Hall–Kier alpha value is -2.30. The number of nitrogens with zero attached hydrogens (tertiary/aromatic N) is 2. The Labute approximate surface area is 130 Å². The highest BCUT2D eigenvalue weighted by molar-refractivity contribution is 5.94. The second kappa shape index (κ2) is 6.64. The van der Waals surface area contributed by atoms with Gasteiger partial charge in [-0.3, -0.25) is 4.79 Å². The number of ether oxygens (including phenoxy) is 1. The van der Waals surface area contributed by atoms with Gasteiger partial charge in [0.25, 0.3) is 5.91 Å². The molecule has 3 rings (SSSR count). The summed E-state index contributed by atoms with van der Waals surface area (Å²) in [4.78, 5) is 16.7. The van der Waals surface area contributed by atoms with Crippen LogP contribution in [-0.4, -0.2) is 28.1 Å². The van der Waals surface area contributed by atoms with Gasteiger partial charge in [-0.05, 0) is 31.0 Å². The van der Waals surface area contributed by atoms with Crippen molar-refractivity contribution in [1.82, 2.24) is 14.9 Å². The maximum absolute atomic E-state index is 12.4. The number of fused-ring (bicyclic) bond motifs is 1. The number of amides is 1. The summed E-state index contributed by atoms with van der Waals surface area (Å²) in [5.74, 6) is 1.80. The van der Waals surface area contributed by atoms with Crippen molar-refractivity contribution < 1.29 is 9.53 Å². The van der Waals surface area contributed by atoms with Gasteiger partial charge in [-0.1, -0.05) is 13.0 Å². The minimum absolute atomic E-state index is 0.0458. The molecule has 0 saturated heterocycles. The fourth-order valence-corrected chi connectivity index (χ4v) is 2.70. The Morgan fingerprint density at radius 1 is 1.50 bits per heavy atom. The molecule has 22 heavy (non-hydrogen) atoms. The van der Waals surface area contributed by atoms with E-state index >= 15 is 0 Å². The molecule has 116 valence electrons. The molecule has 0 aliphatic carbocycles. The van der Waals surface area contributed by atoms with Crippen molar-refractivity contribution >= 4 is 5.91 Å². The topological polar surface area (TPSA) is 56.1 Å². The predicted octanol–water partition coefficient (Wildman–Crippen LogP) is 2.42. The van der Waals surface area contributed by atoms with Crippen LogP contribution in [0, 0.1) is 0 Å². The molecule has 5 heteroatoms. The Morgan fingerprint density at radius 3 is 3.27 bits per heavy atom. The Morgan fingerprint density at radius 2 is 2.41 bits per heavy atom. The third-order valence-electron chi connectivity index (χ3n) is 3.84. The normalized spacial score (nSPS) is 16.9. The zero-order chi connectivity index (χ0) is 15.4. The third kappa shape index (κ3) is 3.30. The fraction of sp³-hybridized carbons (Fsp3) is 0.412. The number of rotatable bonds is 5. The molecule has 2 heterocycles. The van der Waals surface area contributed by atoms with Crippen LogP contribution in [0.25, 0.3) is 0 Å². The zero-order valence-electron chi connectivity index (χ0n) is 12.8. The van der Waals surface area contributed by atoms with E-state index in [-0.39, 0.29) is 11.9 Å². The van der Waals surface area contributed by atoms with E-state index in [0.717, 1.165) is 37.4 Å². The first-order valence-corrected chi connectivity index (χ1v) is 7.80. The molecule has 1 aromatic carbocycles. The summed E-state index contributed by atoms with van der Waals surface area (Å²) in [6.07, 6.45) is 6.55. The van der Waals surface area contributed by atoms with Crippen molar-refractivity contribution in [3.8, 4) is 5.75 Å². The average molecular weight is 299 g/mol. The lowest BCUT2D eigenvalue weighted by Gasteiger charge is -2.24. The van der Waals surface area contributed by atoms with Crippen molar-refractivity contribution in [2.24, 2.45) is 0 Å². The van der Waals surface area contributed by atoms with E-state index in [2.05, 4.69) is 21.8 Å². The van der Waals surface area contributed by atoms with Crippen LogP contribution in [-0.2, 0) is 13.0 Å². The minimum atomic E-state index is -0.0458. The molecular formula is C17H21N3O2. The van der Waals surface area contributed by atoms with Gasteiger partial charge >= 0.3 is 0 Å². The first-order valence-electron chi connectivity index (χ1n) is 7.80. The van der Waals surface area contributed by atoms with Crippen LogP contribution in [0.3, 0.4) is 0 Å². The standard InChI is InChI=1S/C17H21N3O2/c1-2-10-22-15-5-3-4-13(11-15)17(21)19-14-6-7-16-18-8-9-20(16)12-14/h3-5,8-9,11,14H,2,6-7,10,12H2,1H3,(H,19,21)/t14-/m0/s1. The van der Waals surface area contributed by atoms with Crippen LogP contribution < -0.4 is 10.1 Å². The summed E-state index contributed by atoms with van der Waals surface area (Å²) in [6.45, 7) is 3.51. The van der Waals surface area contributed by atoms with E-state index in [0.29, 0.717) is 12.2 Å². The molecule has 1 atom stereocenters. The minimum Gasteiger partial charge on any atom is -0.494 e. The number of carbonyl (C=O) groups excluding carboxylic acids is 1. The highest BCUT2D eigenvalue weighted by Crippen LogP contribution is 2.16. The van der Waals surface area contributed by atoms with Crippen LogP contribution in [0.5, 0.6) is 5.75 Å². The lowest BCUT2D eigenvalue weighted by atomic mass is 10.1. The second-order valence-corrected chi connectivity index (χ2v) is 5.58. The van der Waals surface area contributed by atoms with E-state index in [1.807, 2.05) is 30.6 Å². The molecule has 1 aromatic heterocycles. The van der Waals surface area contributed by atoms with Gasteiger partial charge in [0.1, 0.15) is 11.6 Å². The number of nitrogens with one attached hydrogen (secondary N) is 1. The second-order valence-electron chi connectivity index (χ2n) is 5.58. The fourth-order valence-electron chi connectivity index (χ4n) is 2.70. The molecule has 5 nitrogen and oxygen atoms in total. The number of carbonyl (C=O) groups is 1. The molecule has 0 unspecified atom stereocenters. The maximum atomic E-state index is 12.4. The van der Waals surface area contributed by atoms with Crippen molar-refractivity contribution in [1.29, 1.82) is 0 Å². The molecule has 2 aromatic rings. The largest absolute Gasteiger partial charge is 0.494 e. The number of hydrogen-bond acceptors (Lipinski definition) is 3. The van der Waals surface area contributed by atoms with Crippen molar-refractivity contribution in [2.45, 2.75) is 38.8 Å². The first kappa shape index (κ1) is 14.6. The van der Waals surface area contributed by atoms with Gasteiger partial charge in [-0.25, -0.2) is 4.98 Å². The van der Waals surface area contributed by atoms with Crippen molar-refractivity contribution in [2.75, 3.05) is 6.61 Å². The quantitative estimate of drug-likeness (QED) is 0.922. The first-order chi connectivity index (χ1) is 10.8. The number of benzene rings is 1. The van der Waals surface area contributed by atoms with Gasteiger partial charge in [-0.2, -0.15) is 0 Å². The summed E-state index contributed by atoms with van der Waals surface area (Å²) in [6, 6.07) is 7.50. The highest BCUT2D eigenvalue weighted by atomic mass is 16.5. The van der Waals surface area contributed by atoms with Crippen molar-refractivity contribution in [3.05, 3.63) is 48.0 Å². The van der Waals surface area contributed by atoms with Crippen LogP contribution >= 0.6 is 0 Å². The monoisotopic (exact) mass is 299 g/mol. The van der Waals surface area contributed by atoms with Crippen LogP contribution in [0.15, 0.2) is 36.7 Å². The van der Waals surface area contributed by atoms with E-state index in [1.165, 1.54) is 0 Å². The molecule has 1 aliphatic rings. The molecule has 0 spiro atoms. The average Bonchev–Trinajstić information content (AvgIpc) is 3.01. The van der Waals surface area contributed by atoms with Gasteiger partial charge in [0.2, 0.25) is 0 Å². The number of imidazole rings is 1. The molecule has 0 bridgehead atoms.